The summed E-state index contributed by atoms with van der Waals surface area (Å²) in [5.41, 5.74) is 2.38. The lowest BCUT2D eigenvalue weighted by atomic mass is 9.83. The van der Waals surface area contributed by atoms with Gasteiger partial charge in [-0.3, -0.25) is 0 Å². The van der Waals surface area contributed by atoms with Gasteiger partial charge in [0.15, 0.2) is 0 Å². The zero-order chi connectivity index (χ0) is 10.1. The fourth-order valence-electron chi connectivity index (χ4n) is 1.72. The maximum Gasteiger partial charge on any atom is 0.0787 e. The topological polar surface area (TPSA) is 20.2 Å². The van der Waals surface area contributed by atoms with E-state index in [9.17, 15) is 5.11 Å². The van der Waals surface area contributed by atoms with Crippen molar-refractivity contribution in [2.75, 3.05) is 0 Å². The molecule has 0 heterocycles. The number of aliphatic hydroxyl groups is 1. The van der Waals surface area contributed by atoms with E-state index in [1.54, 1.807) is 0 Å². The summed E-state index contributed by atoms with van der Waals surface area (Å²) in [4.78, 5) is 0. The van der Waals surface area contributed by atoms with Crippen LogP contribution in [-0.2, 0) is 0 Å². The van der Waals surface area contributed by atoms with E-state index in [4.69, 9.17) is 0 Å². The van der Waals surface area contributed by atoms with Crippen LogP contribution in [0.3, 0.4) is 0 Å². The Hall–Kier alpha value is -0.560. The van der Waals surface area contributed by atoms with Gasteiger partial charge in [0.1, 0.15) is 0 Å². The van der Waals surface area contributed by atoms with Crippen LogP contribution in [0.25, 0.3) is 0 Å². The molecule has 0 radical (unpaired) electrons. The maximum absolute atomic E-state index is 9.60. The van der Waals surface area contributed by atoms with Crippen LogP contribution in [0, 0.1) is 5.41 Å². The van der Waals surface area contributed by atoms with Gasteiger partial charge < -0.3 is 5.11 Å². The van der Waals surface area contributed by atoms with Crippen molar-refractivity contribution < 1.29 is 5.11 Å². The van der Waals surface area contributed by atoms with Gasteiger partial charge in [0.25, 0.3) is 0 Å². The first-order chi connectivity index (χ1) is 5.90. The molecule has 74 valence electrons. The van der Waals surface area contributed by atoms with E-state index in [1.165, 1.54) is 5.57 Å². The molecule has 1 aliphatic rings. The number of aliphatic hydroxyl groups excluding tert-OH is 1. The molecule has 1 atom stereocenters. The van der Waals surface area contributed by atoms with Crippen molar-refractivity contribution in [3.05, 3.63) is 23.8 Å². The lowest BCUT2D eigenvalue weighted by Crippen LogP contribution is -2.17. The smallest absolute Gasteiger partial charge is 0.0787 e. The Bertz CT molecular complexity index is 230. The van der Waals surface area contributed by atoms with Crippen LogP contribution in [0.2, 0.25) is 0 Å². The molecule has 0 amide bonds. The summed E-state index contributed by atoms with van der Waals surface area (Å²) < 4.78 is 0. The predicted molar refractivity (Wildman–Crippen MR) is 56.5 cm³/mol. The van der Waals surface area contributed by atoms with Crippen molar-refractivity contribution in [2.45, 2.75) is 46.1 Å². The van der Waals surface area contributed by atoms with Crippen LogP contribution in [-0.4, -0.2) is 11.2 Å². The highest BCUT2D eigenvalue weighted by Gasteiger charge is 2.20. The second kappa shape index (κ2) is 3.67. The van der Waals surface area contributed by atoms with Crippen molar-refractivity contribution in [3.8, 4) is 0 Å². The average molecular weight is 180 g/mol. The number of hydrogen-bond acceptors (Lipinski definition) is 1. The third-order valence-corrected chi connectivity index (χ3v) is 2.35. The summed E-state index contributed by atoms with van der Waals surface area (Å²) in [5, 5.41) is 9.60. The Balaban J connectivity index is 2.80. The monoisotopic (exact) mass is 180 g/mol. The molecule has 0 spiro atoms. The lowest BCUT2D eigenvalue weighted by Gasteiger charge is -2.25. The molecule has 0 unspecified atom stereocenters. The Morgan fingerprint density at radius 2 is 2.08 bits per heavy atom. The molecule has 1 rings (SSSR count). The van der Waals surface area contributed by atoms with E-state index in [0.717, 1.165) is 24.8 Å². The SMILES string of the molecule is C=C1/C(=C\C(C)(C)C)CCC[C@H]1O. The van der Waals surface area contributed by atoms with Crippen molar-refractivity contribution in [1.82, 2.24) is 0 Å². The van der Waals surface area contributed by atoms with Gasteiger partial charge in [-0.1, -0.05) is 33.4 Å². The van der Waals surface area contributed by atoms with Gasteiger partial charge in [-0.2, -0.15) is 0 Å². The van der Waals surface area contributed by atoms with Crippen LogP contribution < -0.4 is 0 Å². The van der Waals surface area contributed by atoms with Gasteiger partial charge in [-0.05, 0) is 35.8 Å². The molecule has 0 saturated heterocycles. The minimum Gasteiger partial charge on any atom is -0.388 e. The van der Waals surface area contributed by atoms with Gasteiger partial charge in [0.2, 0.25) is 0 Å². The fraction of sp³-hybridized carbons (Fsp3) is 0.667. The molecule has 0 aromatic carbocycles. The second-order valence-electron chi connectivity index (χ2n) is 4.97. The summed E-state index contributed by atoms with van der Waals surface area (Å²) in [7, 11) is 0. The zero-order valence-electron chi connectivity index (χ0n) is 8.93. The summed E-state index contributed by atoms with van der Waals surface area (Å²) in [6.07, 6.45) is 4.97. The standard InChI is InChI=1S/C12H20O/c1-9-10(8-12(2,3)4)6-5-7-11(9)13/h8,11,13H,1,5-7H2,2-4H3/b10-8-/t11-/m1/s1. The summed E-state index contributed by atoms with van der Waals surface area (Å²) in [6.45, 7) is 10.5. The molecule has 13 heavy (non-hydrogen) atoms. The first-order valence-corrected chi connectivity index (χ1v) is 4.99. The molecule has 0 bridgehead atoms. The molecule has 1 N–H and O–H groups in total. The Morgan fingerprint density at radius 1 is 1.46 bits per heavy atom. The van der Waals surface area contributed by atoms with E-state index < -0.39 is 0 Å². The van der Waals surface area contributed by atoms with Gasteiger partial charge in [-0.15, -0.1) is 0 Å². The summed E-state index contributed by atoms with van der Waals surface area (Å²) >= 11 is 0. The van der Waals surface area contributed by atoms with E-state index >= 15 is 0 Å². The number of allylic oxidation sites excluding steroid dienone is 1. The van der Waals surface area contributed by atoms with Crippen molar-refractivity contribution in [2.24, 2.45) is 5.41 Å². The zero-order valence-corrected chi connectivity index (χ0v) is 8.93. The van der Waals surface area contributed by atoms with Gasteiger partial charge >= 0.3 is 0 Å². The van der Waals surface area contributed by atoms with Crippen molar-refractivity contribution >= 4 is 0 Å². The molecule has 1 heteroatoms. The molecule has 0 aromatic rings. The van der Waals surface area contributed by atoms with Crippen LogP contribution >= 0.6 is 0 Å². The minimum absolute atomic E-state index is 0.190. The van der Waals surface area contributed by atoms with Crippen LogP contribution in [0.5, 0.6) is 0 Å². The third-order valence-electron chi connectivity index (χ3n) is 2.35. The van der Waals surface area contributed by atoms with Gasteiger partial charge in [-0.25, -0.2) is 0 Å². The molecule has 1 aliphatic carbocycles. The summed E-state index contributed by atoms with van der Waals surface area (Å²) in [5.74, 6) is 0. The molecule has 1 saturated carbocycles. The first-order valence-electron chi connectivity index (χ1n) is 4.99. The Labute approximate surface area is 81.2 Å². The molecule has 1 fully saturated rings. The third kappa shape index (κ3) is 3.00. The van der Waals surface area contributed by atoms with Crippen LogP contribution in [0.15, 0.2) is 23.8 Å². The molecular weight excluding hydrogens is 160 g/mol. The normalized spacial score (nSPS) is 28.2. The quantitative estimate of drug-likeness (QED) is 0.607. The van der Waals surface area contributed by atoms with Crippen LogP contribution in [0.4, 0.5) is 0 Å². The van der Waals surface area contributed by atoms with E-state index in [0.29, 0.717) is 0 Å². The first kappa shape index (κ1) is 10.5. The van der Waals surface area contributed by atoms with Crippen LogP contribution in [0.1, 0.15) is 40.0 Å². The molecule has 1 nitrogen and oxygen atoms in total. The number of rotatable bonds is 0. The average Bonchev–Trinajstić information content (AvgIpc) is 1.96. The Kier molecular flexibility index (Phi) is 2.97. The lowest BCUT2D eigenvalue weighted by molar-refractivity contribution is 0.190. The van der Waals surface area contributed by atoms with E-state index in [-0.39, 0.29) is 11.5 Å². The van der Waals surface area contributed by atoms with Crippen molar-refractivity contribution in [3.63, 3.8) is 0 Å². The molecular formula is C12H20O. The van der Waals surface area contributed by atoms with Gasteiger partial charge in [0, 0.05) is 0 Å². The van der Waals surface area contributed by atoms with E-state index in [2.05, 4.69) is 33.4 Å². The highest BCUT2D eigenvalue weighted by atomic mass is 16.3. The number of hydrogen-bond donors (Lipinski definition) is 1. The molecule has 0 aliphatic heterocycles. The van der Waals surface area contributed by atoms with E-state index in [1.807, 2.05) is 0 Å². The Morgan fingerprint density at radius 3 is 2.62 bits per heavy atom. The predicted octanol–water partition coefficient (Wildman–Crippen LogP) is 3.06. The molecule has 0 aromatic heterocycles. The second-order valence-corrected chi connectivity index (χ2v) is 4.97. The van der Waals surface area contributed by atoms with Gasteiger partial charge in [0.05, 0.1) is 6.10 Å². The van der Waals surface area contributed by atoms with Crippen molar-refractivity contribution in [1.29, 1.82) is 0 Å². The summed E-state index contributed by atoms with van der Waals surface area (Å²) in [6, 6.07) is 0. The fourth-order valence-corrected chi connectivity index (χ4v) is 1.72. The minimum atomic E-state index is -0.303. The highest BCUT2D eigenvalue weighted by Crippen LogP contribution is 2.31. The highest BCUT2D eigenvalue weighted by molar-refractivity contribution is 5.34. The largest absolute Gasteiger partial charge is 0.388 e. The maximum atomic E-state index is 9.60.